The average molecular weight is 222 g/mol. The minimum atomic E-state index is -1.07. The second kappa shape index (κ2) is 3.80. The van der Waals surface area contributed by atoms with Crippen LogP contribution < -0.4 is 10.9 Å². The highest BCUT2D eigenvalue weighted by molar-refractivity contribution is 6.14. The van der Waals surface area contributed by atoms with Crippen LogP contribution in [0.1, 0.15) is 18.5 Å². The summed E-state index contributed by atoms with van der Waals surface area (Å²) in [7, 11) is 0. The van der Waals surface area contributed by atoms with Crippen LogP contribution in [-0.4, -0.2) is 23.5 Å². The number of carbonyl (C=O) groups is 2. The molecule has 0 radical (unpaired) electrons. The molecule has 6 heteroatoms. The summed E-state index contributed by atoms with van der Waals surface area (Å²) >= 11 is 0. The highest BCUT2D eigenvalue weighted by Crippen LogP contribution is 2.30. The number of H-pyrrole nitrogens is 1. The number of esters is 1. The van der Waals surface area contributed by atoms with Crippen LogP contribution in [0.4, 0.5) is 5.69 Å². The minimum absolute atomic E-state index is 0.189. The Balaban J connectivity index is 2.42. The van der Waals surface area contributed by atoms with Gasteiger partial charge in [-0.1, -0.05) is 0 Å². The number of carbonyl (C=O) groups excluding carboxylic acids is 2. The summed E-state index contributed by atoms with van der Waals surface area (Å²) in [5.74, 6) is -2.19. The Morgan fingerprint density at radius 3 is 2.88 bits per heavy atom. The van der Waals surface area contributed by atoms with Crippen LogP contribution in [0.25, 0.3) is 0 Å². The lowest BCUT2D eigenvalue weighted by Gasteiger charge is -2.06. The first-order chi connectivity index (χ1) is 7.63. The minimum Gasteiger partial charge on any atom is -0.465 e. The predicted octanol–water partition coefficient (Wildman–Crippen LogP) is -0.0263. The van der Waals surface area contributed by atoms with Crippen LogP contribution in [0.2, 0.25) is 0 Å². The van der Waals surface area contributed by atoms with Gasteiger partial charge in [-0.2, -0.15) is 0 Å². The molecule has 0 saturated heterocycles. The number of anilines is 1. The Bertz CT molecular complexity index is 506. The second-order valence-electron chi connectivity index (χ2n) is 3.32. The molecule has 2 heterocycles. The van der Waals surface area contributed by atoms with E-state index < -0.39 is 17.8 Å². The second-order valence-corrected chi connectivity index (χ2v) is 3.32. The van der Waals surface area contributed by atoms with Gasteiger partial charge in [0.25, 0.3) is 0 Å². The summed E-state index contributed by atoms with van der Waals surface area (Å²) < 4.78 is 4.77. The fraction of sp³-hybridized carbons (Fsp3) is 0.300. The SMILES string of the molecule is CCOC(=O)[C@@H]1C(=O)Nc2ccc(=O)[nH]c21. The van der Waals surface area contributed by atoms with Crippen LogP contribution in [0.3, 0.4) is 0 Å². The molecule has 0 aliphatic carbocycles. The van der Waals surface area contributed by atoms with Crippen LogP contribution in [-0.2, 0) is 14.3 Å². The molecule has 1 atom stereocenters. The molecule has 0 unspecified atom stereocenters. The number of aromatic amines is 1. The Morgan fingerprint density at radius 1 is 1.44 bits per heavy atom. The van der Waals surface area contributed by atoms with E-state index in [1.165, 1.54) is 12.1 Å². The fourth-order valence-corrected chi connectivity index (χ4v) is 1.61. The van der Waals surface area contributed by atoms with Gasteiger partial charge in [-0.15, -0.1) is 0 Å². The summed E-state index contributed by atoms with van der Waals surface area (Å²) in [6, 6.07) is 2.75. The maximum Gasteiger partial charge on any atom is 0.324 e. The molecule has 1 aliphatic rings. The molecule has 0 saturated carbocycles. The Kier molecular flexibility index (Phi) is 2.47. The standard InChI is InChI=1S/C10H10N2O4/c1-2-16-10(15)7-8-5(11-9(7)14)3-4-6(13)12-8/h3-4,7H,2H2,1H3,(H,11,14)(H,12,13)/t7-/m0/s1. The molecule has 0 spiro atoms. The Morgan fingerprint density at radius 2 is 2.19 bits per heavy atom. The summed E-state index contributed by atoms with van der Waals surface area (Å²) in [5.41, 5.74) is 0.364. The number of rotatable bonds is 2. The lowest BCUT2D eigenvalue weighted by atomic mass is 10.1. The number of aromatic nitrogens is 1. The highest BCUT2D eigenvalue weighted by Gasteiger charge is 2.38. The van der Waals surface area contributed by atoms with Gasteiger partial charge < -0.3 is 15.0 Å². The van der Waals surface area contributed by atoms with Crippen LogP contribution in [0.15, 0.2) is 16.9 Å². The summed E-state index contributed by atoms with van der Waals surface area (Å²) in [4.78, 5) is 36.6. The molecule has 0 fully saturated rings. The van der Waals surface area contributed by atoms with E-state index in [0.29, 0.717) is 5.69 Å². The van der Waals surface area contributed by atoms with Crippen LogP contribution in [0.5, 0.6) is 0 Å². The van der Waals surface area contributed by atoms with Crippen molar-refractivity contribution in [2.75, 3.05) is 11.9 Å². The number of fused-ring (bicyclic) bond motifs is 1. The summed E-state index contributed by atoms with van der Waals surface area (Å²) in [6.45, 7) is 1.84. The molecule has 1 aromatic heterocycles. The van der Waals surface area contributed by atoms with Crippen molar-refractivity contribution in [3.63, 3.8) is 0 Å². The monoisotopic (exact) mass is 222 g/mol. The van der Waals surface area contributed by atoms with Gasteiger partial charge in [0.05, 0.1) is 18.0 Å². The van der Waals surface area contributed by atoms with E-state index in [-0.39, 0.29) is 17.9 Å². The molecule has 6 nitrogen and oxygen atoms in total. The molecule has 1 amide bonds. The molecule has 16 heavy (non-hydrogen) atoms. The zero-order valence-corrected chi connectivity index (χ0v) is 8.57. The molecule has 0 bridgehead atoms. The number of nitrogens with one attached hydrogen (secondary N) is 2. The Hall–Kier alpha value is -2.11. The van der Waals surface area contributed by atoms with Crippen molar-refractivity contribution in [3.05, 3.63) is 28.2 Å². The molecule has 84 valence electrons. The average Bonchev–Trinajstić information content (AvgIpc) is 2.53. The first-order valence-electron chi connectivity index (χ1n) is 4.84. The van der Waals surface area contributed by atoms with E-state index in [0.717, 1.165) is 0 Å². The number of ether oxygens (including phenoxy) is 1. The van der Waals surface area contributed by atoms with Gasteiger partial charge in [-0.05, 0) is 13.0 Å². The largest absolute Gasteiger partial charge is 0.465 e. The predicted molar refractivity (Wildman–Crippen MR) is 55.1 cm³/mol. The van der Waals surface area contributed by atoms with E-state index in [1.54, 1.807) is 6.92 Å². The lowest BCUT2D eigenvalue weighted by Crippen LogP contribution is -2.24. The van der Waals surface area contributed by atoms with E-state index in [4.69, 9.17) is 4.74 Å². The number of pyridine rings is 1. The van der Waals surface area contributed by atoms with Crippen LogP contribution >= 0.6 is 0 Å². The van der Waals surface area contributed by atoms with Gasteiger partial charge >= 0.3 is 5.97 Å². The van der Waals surface area contributed by atoms with Gasteiger partial charge in [0.15, 0.2) is 5.92 Å². The maximum atomic E-state index is 11.5. The van der Waals surface area contributed by atoms with Crippen molar-refractivity contribution in [1.29, 1.82) is 0 Å². The fourth-order valence-electron chi connectivity index (χ4n) is 1.61. The third kappa shape index (κ3) is 1.58. The van der Waals surface area contributed by atoms with Crippen molar-refractivity contribution in [2.24, 2.45) is 0 Å². The summed E-state index contributed by atoms with van der Waals surface area (Å²) in [5, 5.41) is 2.50. The van der Waals surface area contributed by atoms with Gasteiger partial charge in [0.2, 0.25) is 11.5 Å². The van der Waals surface area contributed by atoms with Gasteiger partial charge in [-0.25, -0.2) is 0 Å². The topological polar surface area (TPSA) is 88.3 Å². The smallest absolute Gasteiger partial charge is 0.324 e. The third-order valence-corrected chi connectivity index (χ3v) is 2.28. The highest BCUT2D eigenvalue weighted by atomic mass is 16.5. The molecular formula is C10H10N2O4. The Labute approximate surface area is 90.6 Å². The molecular weight excluding hydrogens is 212 g/mol. The third-order valence-electron chi connectivity index (χ3n) is 2.28. The number of amides is 1. The van der Waals surface area contributed by atoms with E-state index >= 15 is 0 Å². The molecule has 0 aromatic carbocycles. The van der Waals surface area contributed by atoms with E-state index in [1.807, 2.05) is 0 Å². The molecule has 2 N–H and O–H groups in total. The van der Waals surface area contributed by atoms with Gasteiger partial charge in [-0.3, -0.25) is 14.4 Å². The van der Waals surface area contributed by atoms with Crippen molar-refractivity contribution in [2.45, 2.75) is 12.8 Å². The van der Waals surface area contributed by atoms with Crippen molar-refractivity contribution >= 4 is 17.6 Å². The van der Waals surface area contributed by atoms with Gasteiger partial charge in [0.1, 0.15) is 0 Å². The maximum absolute atomic E-state index is 11.5. The molecule has 2 rings (SSSR count). The number of hydrogen-bond donors (Lipinski definition) is 2. The van der Waals surface area contributed by atoms with E-state index in [2.05, 4.69) is 10.3 Å². The first kappa shape index (κ1) is 10.4. The van der Waals surface area contributed by atoms with Gasteiger partial charge in [0, 0.05) is 6.07 Å². The zero-order chi connectivity index (χ0) is 11.7. The van der Waals surface area contributed by atoms with Crippen LogP contribution in [0, 0.1) is 0 Å². The molecule has 1 aliphatic heterocycles. The van der Waals surface area contributed by atoms with Crippen molar-refractivity contribution in [1.82, 2.24) is 4.98 Å². The normalized spacial score (nSPS) is 17.8. The first-order valence-corrected chi connectivity index (χ1v) is 4.84. The lowest BCUT2D eigenvalue weighted by molar-refractivity contribution is -0.147. The van der Waals surface area contributed by atoms with E-state index in [9.17, 15) is 14.4 Å². The zero-order valence-electron chi connectivity index (χ0n) is 8.57. The number of hydrogen-bond acceptors (Lipinski definition) is 4. The van der Waals surface area contributed by atoms with Crippen molar-refractivity contribution in [3.8, 4) is 0 Å². The van der Waals surface area contributed by atoms with Crippen molar-refractivity contribution < 1.29 is 14.3 Å². The molecule has 1 aromatic rings. The quantitative estimate of drug-likeness (QED) is 0.543. The summed E-state index contributed by atoms with van der Waals surface area (Å²) in [6.07, 6.45) is 0.